The minimum atomic E-state index is -0.406. The minimum absolute atomic E-state index is 0.153. The average molecular weight is 465 g/mol. The largest absolute Gasteiger partial charge is 0.486 e. The van der Waals surface area contributed by atoms with Gasteiger partial charge in [0.15, 0.2) is 0 Å². The summed E-state index contributed by atoms with van der Waals surface area (Å²) in [5, 5.41) is 6.29. The summed E-state index contributed by atoms with van der Waals surface area (Å²) in [4.78, 5) is 19.0. The zero-order valence-electron chi connectivity index (χ0n) is 19.4. The average Bonchev–Trinajstić information content (AvgIpc) is 3.02. The number of ether oxygens (including phenoxy) is 2. The number of nitrogens with zero attached hydrogens (tertiary/aromatic N) is 2. The molecule has 2 N–H and O–H groups in total. The third-order valence-corrected chi connectivity index (χ3v) is 5.76. The van der Waals surface area contributed by atoms with E-state index in [1.54, 1.807) is 29.2 Å². The second kappa shape index (κ2) is 11.0. The van der Waals surface area contributed by atoms with E-state index in [2.05, 4.69) is 15.6 Å². The lowest BCUT2D eigenvalue weighted by atomic mass is 10.1. The summed E-state index contributed by atoms with van der Waals surface area (Å²) in [6.45, 7) is 1.86. The maximum absolute atomic E-state index is 15.1. The number of pyridine rings is 1. The van der Waals surface area contributed by atoms with Crippen LogP contribution in [-0.4, -0.2) is 49.6 Å². The van der Waals surface area contributed by atoms with Crippen molar-refractivity contribution in [3.05, 3.63) is 83.2 Å². The Labute approximate surface area is 198 Å². The Morgan fingerprint density at radius 3 is 2.74 bits per heavy atom. The lowest BCUT2D eigenvalue weighted by molar-refractivity contribution is 0.0754. The van der Waals surface area contributed by atoms with Crippen molar-refractivity contribution < 1.29 is 18.7 Å². The molecule has 2 aromatic carbocycles. The molecule has 1 aliphatic heterocycles. The molecule has 1 amide bonds. The molecule has 0 saturated heterocycles. The summed E-state index contributed by atoms with van der Waals surface area (Å²) in [5.74, 6) is 0.751. The molecular weight excluding hydrogens is 435 g/mol. The van der Waals surface area contributed by atoms with Crippen LogP contribution in [0.4, 0.5) is 10.2 Å². The van der Waals surface area contributed by atoms with Gasteiger partial charge in [-0.1, -0.05) is 36.4 Å². The molecule has 0 saturated carbocycles. The highest BCUT2D eigenvalue weighted by Crippen LogP contribution is 2.28. The van der Waals surface area contributed by atoms with Crippen molar-refractivity contribution in [2.45, 2.75) is 19.1 Å². The molecule has 178 valence electrons. The van der Waals surface area contributed by atoms with Crippen LogP contribution in [-0.2, 0) is 6.54 Å². The Kier molecular flexibility index (Phi) is 7.59. The predicted molar refractivity (Wildman–Crippen MR) is 129 cm³/mol. The summed E-state index contributed by atoms with van der Waals surface area (Å²) < 4.78 is 26.3. The quantitative estimate of drug-likeness (QED) is 0.498. The maximum atomic E-state index is 15.1. The Balaban J connectivity index is 1.49. The number of amides is 1. The number of hydrogen-bond donors (Lipinski definition) is 2. The van der Waals surface area contributed by atoms with Gasteiger partial charge in [0.2, 0.25) is 5.88 Å². The van der Waals surface area contributed by atoms with Crippen molar-refractivity contribution in [3.63, 3.8) is 0 Å². The van der Waals surface area contributed by atoms with Gasteiger partial charge in [0, 0.05) is 43.8 Å². The number of benzene rings is 2. The number of rotatable bonds is 9. The highest BCUT2D eigenvalue weighted by Gasteiger charge is 2.25. The molecule has 0 unspecified atom stereocenters. The number of anilines is 1. The van der Waals surface area contributed by atoms with Crippen LogP contribution in [0, 0.1) is 5.82 Å². The fourth-order valence-electron chi connectivity index (χ4n) is 3.93. The molecule has 3 aromatic rings. The topological polar surface area (TPSA) is 75.7 Å². The molecular formula is C26H29FN4O3. The van der Waals surface area contributed by atoms with Gasteiger partial charge in [-0.25, -0.2) is 4.39 Å². The van der Waals surface area contributed by atoms with E-state index in [4.69, 9.17) is 9.47 Å². The molecule has 1 atom stereocenters. The van der Waals surface area contributed by atoms with E-state index < -0.39 is 5.82 Å². The van der Waals surface area contributed by atoms with Crippen molar-refractivity contribution >= 4 is 11.7 Å². The fourth-order valence-corrected chi connectivity index (χ4v) is 3.93. The minimum Gasteiger partial charge on any atom is -0.486 e. The molecule has 1 aliphatic rings. The molecule has 1 aromatic heterocycles. The molecule has 0 bridgehead atoms. The number of carbonyl (C=O) groups excluding carboxylic acids is 1. The number of halogens is 1. The van der Waals surface area contributed by atoms with Crippen molar-refractivity contribution in [1.82, 2.24) is 15.2 Å². The summed E-state index contributed by atoms with van der Waals surface area (Å²) in [6.07, 6.45) is 0.551. The lowest BCUT2D eigenvalue weighted by Crippen LogP contribution is -2.32. The van der Waals surface area contributed by atoms with Gasteiger partial charge in [0.1, 0.15) is 23.5 Å². The van der Waals surface area contributed by atoms with E-state index in [-0.39, 0.29) is 18.6 Å². The summed E-state index contributed by atoms with van der Waals surface area (Å²) in [6, 6.07) is 18.1. The Bertz CT molecular complexity index is 1130. The van der Waals surface area contributed by atoms with Crippen molar-refractivity contribution in [2.75, 3.05) is 39.1 Å². The van der Waals surface area contributed by atoms with Crippen LogP contribution in [0.25, 0.3) is 0 Å². The first-order valence-electron chi connectivity index (χ1n) is 11.3. The van der Waals surface area contributed by atoms with Crippen molar-refractivity contribution in [3.8, 4) is 11.6 Å². The molecule has 0 spiro atoms. The first-order chi connectivity index (χ1) is 16.6. The first kappa shape index (κ1) is 23.5. The van der Waals surface area contributed by atoms with Crippen LogP contribution in [0.2, 0.25) is 0 Å². The molecule has 0 radical (unpaired) electrons. The van der Waals surface area contributed by atoms with Crippen LogP contribution in [0.15, 0.2) is 60.7 Å². The van der Waals surface area contributed by atoms with E-state index in [0.29, 0.717) is 41.7 Å². The van der Waals surface area contributed by atoms with E-state index in [1.165, 1.54) is 13.2 Å². The van der Waals surface area contributed by atoms with Crippen LogP contribution < -0.4 is 20.1 Å². The lowest BCUT2D eigenvalue weighted by Gasteiger charge is -2.22. The zero-order chi connectivity index (χ0) is 23.9. The van der Waals surface area contributed by atoms with Gasteiger partial charge in [0.05, 0.1) is 12.7 Å². The van der Waals surface area contributed by atoms with Gasteiger partial charge in [-0.15, -0.1) is 0 Å². The second-order valence-electron chi connectivity index (χ2n) is 8.07. The third-order valence-electron chi connectivity index (χ3n) is 5.76. The van der Waals surface area contributed by atoms with E-state index in [1.807, 2.05) is 37.4 Å². The fraction of sp³-hybridized carbons (Fsp3) is 0.308. The highest BCUT2D eigenvalue weighted by molar-refractivity contribution is 5.99. The van der Waals surface area contributed by atoms with Crippen LogP contribution >= 0.6 is 0 Å². The van der Waals surface area contributed by atoms with Crippen LogP contribution in [0.1, 0.15) is 34.0 Å². The van der Waals surface area contributed by atoms with Crippen LogP contribution in [0.5, 0.6) is 11.6 Å². The Hall–Kier alpha value is -3.65. The molecule has 7 nitrogen and oxygen atoms in total. The number of carbonyl (C=O) groups is 1. The standard InChI is InChI=1S/C26H29FN4O3/c1-28-13-12-23(18-6-4-3-5-7-18)34-20-9-8-19(22(27)16-20)17-31-15-14-29-25-21(26(31)32)10-11-24(30-25)33-2/h3-11,16,23,28H,12-15,17H2,1-2H3,(H,29,30)/t23-/m0/s1. The van der Waals surface area contributed by atoms with E-state index in [0.717, 1.165) is 18.5 Å². The van der Waals surface area contributed by atoms with E-state index >= 15 is 4.39 Å². The molecule has 2 heterocycles. The third kappa shape index (κ3) is 5.46. The molecule has 4 rings (SSSR count). The molecule has 0 aliphatic carbocycles. The zero-order valence-corrected chi connectivity index (χ0v) is 19.4. The maximum Gasteiger partial charge on any atom is 0.257 e. The number of aromatic nitrogens is 1. The monoisotopic (exact) mass is 464 g/mol. The number of nitrogens with one attached hydrogen (secondary N) is 2. The predicted octanol–water partition coefficient (Wildman–Crippen LogP) is 4.03. The summed E-state index contributed by atoms with van der Waals surface area (Å²) >= 11 is 0. The molecule has 34 heavy (non-hydrogen) atoms. The SMILES string of the molecule is CNCC[C@H](Oc1ccc(CN2CCNc3nc(OC)ccc3C2=O)c(F)c1)c1ccccc1. The van der Waals surface area contributed by atoms with Gasteiger partial charge in [0.25, 0.3) is 5.91 Å². The first-order valence-corrected chi connectivity index (χ1v) is 11.3. The molecule has 8 heteroatoms. The van der Waals surface area contributed by atoms with Crippen LogP contribution in [0.3, 0.4) is 0 Å². The Morgan fingerprint density at radius 1 is 1.18 bits per heavy atom. The number of methoxy groups -OCH3 is 1. The molecule has 0 fully saturated rings. The van der Waals surface area contributed by atoms with Gasteiger partial charge < -0.3 is 25.0 Å². The van der Waals surface area contributed by atoms with Crippen molar-refractivity contribution in [2.24, 2.45) is 0 Å². The summed E-state index contributed by atoms with van der Waals surface area (Å²) in [5.41, 5.74) is 1.90. The van der Waals surface area contributed by atoms with Crippen molar-refractivity contribution in [1.29, 1.82) is 0 Å². The number of fused-ring (bicyclic) bond motifs is 1. The van der Waals surface area contributed by atoms with Gasteiger partial charge in [-0.3, -0.25) is 4.79 Å². The van der Waals surface area contributed by atoms with E-state index in [9.17, 15) is 4.79 Å². The highest BCUT2D eigenvalue weighted by atomic mass is 19.1. The summed E-state index contributed by atoms with van der Waals surface area (Å²) in [7, 11) is 3.42. The van der Waals surface area contributed by atoms with Gasteiger partial charge in [-0.2, -0.15) is 4.98 Å². The normalized spacial score (nSPS) is 14.1. The van der Waals surface area contributed by atoms with Gasteiger partial charge >= 0.3 is 0 Å². The second-order valence-corrected chi connectivity index (χ2v) is 8.07. The number of hydrogen-bond acceptors (Lipinski definition) is 6. The smallest absolute Gasteiger partial charge is 0.257 e. The van der Waals surface area contributed by atoms with Gasteiger partial charge in [-0.05, 0) is 31.3 Å². The Morgan fingerprint density at radius 2 is 2.00 bits per heavy atom.